The molecule has 3 aromatic heterocycles. The maximum Gasteiger partial charge on any atom is 0.193 e. The van der Waals surface area contributed by atoms with Crippen molar-refractivity contribution in [3.8, 4) is 51.0 Å². The Kier molecular flexibility index (Phi) is 21.6. The van der Waals surface area contributed by atoms with E-state index in [-0.39, 0.29) is 14.7 Å². The normalized spacial score (nSPS) is 10.6. The summed E-state index contributed by atoms with van der Waals surface area (Å²) in [6.07, 6.45) is 5.58. The van der Waals surface area contributed by atoms with Gasteiger partial charge in [0, 0.05) is 34.9 Å². The molecule has 21 heteroatoms. The van der Waals surface area contributed by atoms with Gasteiger partial charge in [-0.15, -0.1) is 15.3 Å². The Bertz CT molecular complexity index is 2930. The minimum Gasteiger partial charge on any atom is -0.744 e. The summed E-state index contributed by atoms with van der Waals surface area (Å²) in [7, 11) is -7.82. The second-order valence-corrected chi connectivity index (χ2v) is 19.2. The van der Waals surface area contributed by atoms with E-state index in [1.807, 2.05) is 130 Å². The van der Waals surface area contributed by atoms with E-state index in [1.54, 1.807) is 57.7 Å². The van der Waals surface area contributed by atoms with Crippen molar-refractivity contribution in [3.63, 3.8) is 0 Å². The van der Waals surface area contributed by atoms with E-state index in [0.717, 1.165) is 67.7 Å². The zero-order valence-corrected chi connectivity index (χ0v) is 42.4. The highest BCUT2D eigenvalue weighted by Gasteiger charge is 2.04. The first-order chi connectivity index (χ1) is 34.2. The lowest BCUT2D eigenvalue weighted by molar-refractivity contribution is -0.448. The maximum absolute atomic E-state index is 10.4. The third-order valence-electron chi connectivity index (χ3n) is 9.75. The van der Waals surface area contributed by atoms with Crippen LogP contribution >= 0.6 is 0 Å². The highest BCUT2D eigenvalue weighted by atomic mass is 32.2. The Labute approximate surface area is 419 Å². The molecule has 0 spiro atoms. The number of rotatable bonds is 9. The first-order valence-electron chi connectivity index (χ1n) is 21.4. The minimum absolute atomic E-state index is 0.178. The van der Waals surface area contributed by atoms with E-state index in [2.05, 4.69) is 30.6 Å². The molecule has 0 atom stereocenters. The zero-order valence-electron chi connectivity index (χ0n) is 39.9. The zero-order chi connectivity index (χ0) is 52.7. The Hall–Kier alpha value is -7.92. The molecule has 3 heterocycles. The predicted molar refractivity (Wildman–Crippen MR) is 265 cm³/mol. The highest BCUT2D eigenvalue weighted by molar-refractivity contribution is 7.86. The van der Waals surface area contributed by atoms with Gasteiger partial charge in [0.15, 0.2) is 18.6 Å². The first kappa shape index (κ1) is 56.7. The number of methoxy groups -OCH3 is 3. The Morgan fingerprint density at radius 1 is 0.333 bits per heavy atom. The topological polar surface area (TPSA) is 289 Å². The van der Waals surface area contributed by atoms with Gasteiger partial charge < -0.3 is 27.9 Å². The third-order valence-corrected chi connectivity index (χ3v) is 12.3. The number of aromatic amines is 6. The lowest BCUT2D eigenvalue weighted by Crippen LogP contribution is -1.98. The number of H-pyrrole nitrogens is 6. The molecule has 0 saturated carbocycles. The summed E-state index contributed by atoms with van der Waals surface area (Å²) in [5.41, 5.74) is 9.42. The number of aromatic nitrogens is 6. The van der Waals surface area contributed by atoms with Gasteiger partial charge in [0.2, 0.25) is 0 Å². The fourth-order valence-electron chi connectivity index (χ4n) is 5.79. The molecule has 0 unspecified atom stereocenters. The number of aryl methyl sites for hydroxylation is 3. The average Bonchev–Trinajstić information content (AvgIpc) is 4.21. The predicted octanol–water partition coefficient (Wildman–Crippen LogP) is 7.21. The molecule has 9 rings (SSSR count). The molecule has 0 aliphatic rings. The number of hydrogen-bond acceptors (Lipinski definition) is 12. The molecule has 6 N–H and O–H groups in total. The van der Waals surface area contributed by atoms with Gasteiger partial charge in [-0.3, -0.25) is 0 Å². The fourth-order valence-corrected chi connectivity index (χ4v) is 7.20. The molecule has 9 aromatic rings. The van der Waals surface area contributed by atoms with E-state index < -0.39 is 30.4 Å². The van der Waals surface area contributed by atoms with Crippen molar-refractivity contribution in [1.29, 1.82) is 0 Å². The van der Waals surface area contributed by atoms with E-state index in [9.17, 15) is 38.9 Å². The second kappa shape index (κ2) is 27.5. The first-order valence-corrected chi connectivity index (χ1v) is 25.6. The molecule has 0 saturated heterocycles. The molecule has 0 amide bonds. The maximum atomic E-state index is 10.4. The summed E-state index contributed by atoms with van der Waals surface area (Å²) in [5, 5.41) is 17.8. The molecule has 0 fully saturated rings. The Balaban J connectivity index is 0.000000188. The minimum atomic E-state index is -4.27. The lowest BCUT2D eigenvalue weighted by atomic mass is 10.1. The summed E-state index contributed by atoms with van der Waals surface area (Å²) in [6.45, 7) is 5.46. The SMILES string of the molecule is COc1ccc(-c2cc[nH+][nH]2)cc1.COc1ccc(-c2cc[nH+][nH]2)cc1.COc1ccc(-c2cc[nH+][nH]2)cc1.Cc1ccc(S(=O)(=O)[O-])cc1.Cc1ccc(S(=O)(=O)[O-])cc1.Cc1ccc(S(=O)(=O)[O-])cc1. The average molecular weight is 1040 g/mol. The van der Waals surface area contributed by atoms with Crippen LogP contribution < -0.4 is 29.5 Å². The van der Waals surface area contributed by atoms with Crippen LogP contribution in [0.4, 0.5) is 0 Å². The van der Waals surface area contributed by atoms with E-state index in [0.29, 0.717) is 0 Å². The van der Waals surface area contributed by atoms with Crippen LogP contribution in [0.2, 0.25) is 0 Å². The van der Waals surface area contributed by atoms with Gasteiger partial charge in [-0.25, -0.2) is 25.3 Å². The molecule has 0 aliphatic carbocycles. The van der Waals surface area contributed by atoms with Crippen molar-refractivity contribution < 1.29 is 68.4 Å². The summed E-state index contributed by atoms with van der Waals surface area (Å²) in [5.74, 6) is 2.62. The van der Waals surface area contributed by atoms with Crippen LogP contribution in [0, 0.1) is 20.8 Å². The lowest BCUT2D eigenvalue weighted by Gasteiger charge is -2.05. The van der Waals surface area contributed by atoms with Gasteiger partial charge in [0.25, 0.3) is 0 Å². The second-order valence-electron chi connectivity index (χ2n) is 15.0. The fraction of sp³-hybridized carbons (Fsp3) is 0.118. The molecule has 0 bridgehead atoms. The Morgan fingerprint density at radius 3 is 0.694 bits per heavy atom. The monoisotopic (exact) mass is 1040 g/mol. The van der Waals surface area contributed by atoms with Crippen LogP contribution in [0.15, 0.2) is 197 Å². The smallest absolute Gasteiger partial charge is 0.193 e. The molecular weight excluding hydrogens is 985 g/mol. The van der Waals surface area contributed by atoms with Crippen LogP contribution in [-0.4, -0.2) is 75.5 Å². The van der Waals surface area contributed by atoms with Crippen LogP contribution in [0.1, 0.15) is 16.7 Å². The van der Waals surface area contributed by atoms with Crippen LogP contribution in [-0.2, 0) is 30.4 Å². The largest absolute Gasteiger partial charge is 0.744 e. The summed E-state index contributed by atoms with van der Waals surface area (Å²) in [6, 6.07) is 47.0. The molecule has 0 radical (unpaired) electrons. The van der Waals surface area contributed by atoms with Crippen molar-refractivity contribution in [2.75, 3.05) is 21.3 Å². The number of nitrogens with one attached hydrogen (secondary N) is 6. The molecule has 6 aromatic carbocycles. The number of hydrogen-bond donors (Lipinski definition) is 3. The van der Waals surface area contributed by atoms with Gasteiger partial charge in [-0.2, -0.15) is 15.3 Å². The van der Waals surface area contributed by atoms with Crippen molar-refractivity contribution in [3.05, 3.63) is 199 Å². The van der Waals surface area contributed by atoms with E-state index in [1.165, 1.54) is 36.4 Å². The van der Waals surface area contributed by atoms with Gasteiger partial charge >= 0.3 is 0 Å². The number of ether oxygens (including phenoxy) is 3. The summed E-state index contributed by atoms with van der Waals surface area (Å²) < 4.78 is 109. The molecule has 0 aliphatic heterocycles. The van der Waals surface area contributed by atoms with Crippen molar-refractivity contribution >= 4 is 30.4 Å². The van der Waals surface area contributed by atoms with Crippen LogP contribution in [0.3, 0.4) is 0 Å². The Morgan fingerprint density at radius 2 is 0.542 bits per heavy atom. The summed E-state index contributed by atoms with van der Waals surface area (Å²) in [4.78, 5) is -0.533. The third kappa shape index (κ3) is 19.5. The molecule has 378 valence electrons. The highest BCUT2D eigenvalue weighted by Crippen LogP contribution is 2.21. The van der Waals surface area contributed by atoms with Gasteiger partial charge in [-0.1, -0.05) is 53.1 Å². The van der Waals surface area contributed by atoms with Crippen molar-refractivity contribution in [2.24, 2.45) is 0 Å². The van der Waals surface area contributed by atoms with Crippen molar-refractivity contribution in [1.82, 2.24) is 15.3 Å². The van der Waals surface area contributed by atoms with Gasteiger partial charge in [0.1, 0.15) is 64.7 Å². The van der Waals surface area contributed by atoms with E-state index in [4.69, 9.17) is 14.2 Å². The molecule has 72 heavy (non-hydrogen) atoms. The number of benzene rings is 6. The summed E-state index contributed by atoms with van der Waals surface area (Å²) >= 11 is 0. The van der Waals surface area contributed by atoms with Gasteiger partial charge in [0.05, 0.1) is 36.0 Å². The van der Waals surface area contributed by atoms with Crippen LogP contribution in [0.5, 0.6) is 17.2 Å². The molecular formula is C51H54N6O12S3. The van der Waals surface area contributed by atoms with Crippen molar-refractivity contribution in [2.45, 2.75) is 35.5 Å². The van der Waals surface area contributed by atoms with Gasteiger partial charge in [-0.05, 0) is 130 Å². The molecule has 18 nitrogen and oxygen atoms in total. The standard InChI is InChI=1S/3C10H10N2O.3C7H8O3S/c3*1-13-9-4-2-8(3-5-9)10-6-7-11-12-10;3*1-6-2-4-7(5-3-6)11(8,9)10/h3*2-7H,1H3,(H,11,12);3*2-5H,1H3,(H,8,9,10). The quantitative estimate of drug-likeness (QED) is 0.121. The van der Waals surface area contributed by atoms with Crippen LogP contribution in [0.25, 0.3) is 33.8 Å². The van der Waals surface area contributed by atoms with E-state index >= 15 is 0 Å².